The summed E-state index contributed by atoms with van der Waals surface area (Å²) in [4.78, 5) is 28.6. The van der Waals surface area contributed by atoms with Crippen LogP contribution in [0.2, 0.25) is 5.28 Å². The molecule has 1 amide bonds. The molecular formula is C30H30ClF3N6O4S2. The average molecular weight is 695 g/mol. The largest absolute Gasteiger partial charge is 0.444 e. The molecule has 2 atom stereocenters. The van der Waals surface area contributed by atoms with Crippen molar-refractivity contribution in [1.29, 1.82) is 0 Å². The fourth-order valence-electron chi connectivity index (χ4n) is 5.14. The highest BCUT2D eigenvalue weighted by Crippen LogP contribution is 2.43. The van der Waals surface area contributed by atoms with Gasteiger partial charge in [0.25, 0.3) is 10.0 Å². The molecule has 0 spiro atoms. The molecule has 0 aliphatic carbocycles. The summed E-state index contributed by atoms with van der Waals surface area (Å²) in [7, 11) is -4.86. The number of sulfonamides is 1. The van der Waals surface area contributed by atoms with Gasteiger partial charge in [0.15, 0.2) is 15.8 Å². The molecular weight excluding hydrogens is 665 g/mol. The van der Waals surface area contributed by atoms with Crippen molar-refractivity contribution in [2.45, 2.75) is 57.2 Å². The first kappa shape index (κ1) is 33.4. The number of benzene rings is 2. The molecule has 1 N–H and O–H groups in total. The minimum atomic E-state index is -4.86. The van der Waals surface area contributed by atoms with Gasteiger partial charge in [-0.15, -0.1) is 0 Å². The van der Waals surface area contributed by atoms with E-state index in [0.29, 0.717) is 28.8 Å². The Morgan fingerprint density at radius 3 is 2.26 bits per heavy atom. The zero-order valence-corrected chi connectivity index (χ0v) is 27.8. The van der Waals surface area contributed by atoms with Gasteiger partial charge in [-0.2, -0.15) is 0 Å². The number of thiazole rings is 1. The van der Waals surface area contributed by atoms with Crippen LogP contribution in [0.3, 0.4) is 0 Å². The number of anilines is 2. The number of carbonyl (C=O) groups excluding carboxylic acids is 1. The number of nitrogens with one attached hydrogen (secondary N) is 1. The van der Waals surface area contributed by atoms with Crippen LogP contribution in [-0.4, -0.2) is 65.1 Å². The molecule has 0 radical (unpaired) electrons. The molecule has 1 fully saturated rings. The van der Waals surface area contributed by atoms with Gasteiger partial charge in [-0.05, 0) is 76.6 Å². The van der Waals surface area contributed by atoms with E-state index in [4.69, 9.17) is 21.3 Å². The van der Waals surface area contributed by atoms with E-state index in [-0.39, 0.29) is 28.6 Å². The summed E-state index contributed by atoms with van der Waals surface area (Å²) in [5, 5.41) is 0.433. The zero-order chi connectivity index (χ0) is 33.6. The van der Waals surface area contributed by atoms with Crippen molar-refractivity contribution >= 4 is 49.9 Å². The Morgan fingerprint density at radius 1 is 1.02 bits per heavy atom. The average Bonchev–Trinajstić information content (AvgIpc) is 3.37. The van der Waals surface area contributed by atoms with E-state index in [0.717, 1.165) is 24.3 Å². The second-order valence-corrected chi connectivity index (χ2v) is 14.6. The Balaban J connectivity index is 1.55. The summed E-state index contributed by atoms with van der Waals surface area (Å²) in [6, 6.07) is 7.63. The second kappa shape index (κ2) is 12.7. The molecule has 244 valence electrons. The molecule has 4 aromatic rings. The van der Waals surface area contributed by atoms with Crippen LogP contribution in [0, 0.1) is 17.5 Å². The Labute approximate surface area is 273 Å². The highest BCUT2D eigenvalue weighted by Gasteiger charge is 2.36. The lowest BCUT2D eigenvalue weighted by atomic mass is 10.1. The second-order valence-electron chi connectivity index (χ2n) is 11.7. The zero-order valence-electron chi connectivity index (χ0n) is 25.4. The standard InChI is InChI=1S/C30H30ClF3N6O4S2/c1-16-14-39(29(41)44-30(3,4)5)15-17(2)40(16)28-37-24(25(45-28)22-12-13-35-27(31)36-22)18-8-6-11-21(23(18)34)38-46(42,43)26-19(32)9-7-10-20(26)33/h6-13,16-17,38H,14-15H2,1-5H3. The van der Waals surface area contributed by atoms with Crippen molar-refractivity contribution < 1.29 is 31.1 Å². The maximum atomic E-state index is 16.2. The van der Waals surface area contributed by atoms with E-state index in [1.54, 1.807) is 31.7 Å². The van der Waals surface area contributed by atoms with Gasteiger partial charge in [0.2, 0.25) is 5.28 Å². The number of amides is 1. The van der Waals surface area contributed by atoms with Crippen LogP contribution in [0.15, 0.2) is 53.6 Å². The molecule has 16 heteroatoms. The first-order chi connectivity index (χ1) is 21.6. The Hall–Kier alpha value is -3.95. The molecule has 0 bridgehead atoms. The summed E-state index contributed by atoms with van der Waals surface area (Å²) in [6.45, 7) is 9.90. The maximum absolute atomic E-state index is 16.2. The minimum Gasteiger partial charge on any atom is -0.444 e. The van der Waals surface area contributed by atoms with E-state index in [1.807, 2.05) is 23.5 Å². The molecule has 46 heavy (non-hydrogen) atoms. The lowest BCUT2D eigenvalue weighted by molar-refractivity contribution is 0.0193. The Bertz CT molecular complexity index is 1870. The number of carbonyl (C=O) groups is 1. The number of hydrogen-bond acceptors (Lipinski definition) is 9. The fraction of sp³-hybridized carbons (Fsp3) is 0.333. The van der Waals surface area contributed by atoms with Crippen molar-refractivity contribution in [1.82, 2.24) is 19.9 Å². The summed E-state index contributed by atoms with van der Waals surface area (Å²) in [5.74, 6) is -3.69. The lowest BCUT2D eigenvalue weighted by Gasteiger charge is -2.44. The maximum Gasteiger partial charge on any atom is 0.410 e. The third-order valence-corrected chi connectivity index (χ3v) is 9.64. The molecule has 2 unspecified atom stereocenters. The van der Waals surface area contributed by atoms with Crippen molar-refractivity contribution in [3.63, 3.8) is 0 Å². The van der Waals surface area contributed by atoms with Gasteiger partial charge in [0, 0.05) is 36.9 Å². The van der Waals surface area contributed by atoms with Gasteiger partial charge in [0.1, 0.15) is 17.2 Å². The monoisotopic (exact) mass is 694 g/mol. The summed E-state index contributed by atoms with van der Waals surface area (Å²) < 4.78 is 78.3. The van der Waals surface area contributed by atoms with Crippen LogP contribution in [0.25, 0.3) is 21.8 Å². The van der Waals surface area contributed by atoms with Gasteiger partial charge in [-0.3, -0.25) is 4.72 Å². The molecule has 2 aromatic heterocycles. The summed E-state index contributed by atoms with van der Waals surface area (Å²) in [6.07, 6.45) is 1.00. The summed E-state index contributed by atoms with van der Waals surface area (Å²) >= 11 is 7.29. The van der Waals surface area contributed by atoms with Crippen LogP contribution in [0.4, 0.5) is 28.8 Å². The number of halogens is 4. The number of aromatic nitrogens is 3. The van der Waals surface area contributed by atoms with Gasteiger partial charge in [0.05, 0.1) is 22.0 Å². The van der Waals surface area contributed by atoms with E-state index in [1.165, 1.54) is 29.7 Å². The number of nitrogens with zero attached hydrogens (tertiary/aromatic N) is 5. The topological polar surface area (TPSA) is 118 Å². The van der Waals surface area contributed by atoms with Crippen LogP contribution < -0.4 is 9.62 Å². The smallest absolute Gasteiger partial charge is 0.410 e. The third-order valence-electron chi connectivity index (χ3n) is 6.95. The SMILES string of the molecule is CC1CN(C(=O)OC(C)(C)C)CC(C)N1c1nc(-c2cccc(NS(=O)(=O)c3c(F)cccc3F)c2F)c(-c2ccnc(Cl)n2)s1. The predicted octanol–water partition coefficient (Wildman–Crippen LogP) is 6.97. The fourth-order valence-corrected chi connectivity index (χ4v) is 7.74. The van der Waals surface area contributed by atoms with Crippen LogP contribution in [0.1, 0.15) is 34.6 Å². The van der Waals surface area contributed by atoms with Gasteiger partial charge < -0.3 is 14.5 Å². The van der Waals surface area contributed by atoms with Crippen LogP contribution >= 0.6 is 22.9 Å². The van der Waals surface area contributed by atoms with Crippen molar-refractivity contribution in [2.24, 2.45) is 0 Å². The van der Waals surface area contributed by atoms with Crippen LogP contribution in [-0.2, 0) is 14.8 Å². The van der Waals surface area contributed by atoms with Crippen molar-refractivity contribution in [3.8, 4) is 21.8 Å². The molecule has 0 saturated carbocycles. The Morgan fingerprint density at radius 2 is 1.65 bits per heavy atom. The third kappa shape index (κ3) is 6.90. The van der Waals surface area contributed by atoms with E-state index in [2.05, 4.69) is 9.97 Å². The van der Waals surface area contributed by atoms with Crippen molar-refractivity contribution in [3.05, 3.63) is 71.4 Å². The van der Waals surface area contributed by atoms with Gasteiger partial charge >= 0.3 is 6.09 Å². The van der Waals surface area contributed by atoms with E-state index in [9.17, 15) is 22.0 Å². The molecule has 2 aromatic carbocycles. The van der Waals surface area contributed by atoms with Crippen molar-refractivity contribution in [2.75, 3.05) is 22.7 Å². The highest BCUT2D eigenvalue weighted by atomic mass is 35.5. The first-order valence-corrected chi connectivity index (χ1v) is 16.7. The molecule has 10 nitrogen and oxygen atoms in total. The van der Waals surface area contributed by atoms with E-state index >= 15 is 4.39 Å². The first-order valence-electron chi connectivity index (χ1n) is 14.1. The number of ether oxygens (including phenoxy) is 1. The normalized spacial score (nSPS) is 17.2. The number of rotatable bonds is 6. The molecule has 3 heterocycles. The quantitative estimate of drug-likeness (QED) is 0.215. The molecule has 1 aliphatic rings. The predicted molar refractivity (Wildman–Crippen MR) is 170 cm³/mol. The Kier molecular flexibility index (Phi) is 9.21. The molecule has 1 aliphatic heterocycles. The van der Waals surface area contributed by atoms with Gasteiger partial charge in [-0.25, -0.2) is 41.3 Å². The minimum absolute atomic E-state index is 0.0555. The summed E-state index contributed by atoms with van der Waals surface area (Å²) in [5.41, 5.74) is -0.845. The molecule has 5 rings (SSSR count). The lowest BCUT2D eigenvalue weighted by Crippen LogP contribution is -2.58. The highest BCUT2D eigenvalue weighted by molar-refractivity contribution is 7.92. The molecule has 1 saturated heterocycles. The van der Waals surface area contributed by atoms with E-state index < -0.39 is 49.8 Å². The van der Waals surface area contributed by atoms with Gasteiger partial charge in [-0.1, -0.05) is 23.5 Å². The van der Waals surface area contributed by atoms with Crippen LogP contribution in [0.5, 0.6) is 0 Å². The number of hydrogen-bond donors (Lipinski definition) is 1. The number of piperazine rings is 1.